The number of azo groups is 1. The number of hydrogen-bond acceptors (Lipinski definition) is 9. The van der Waals surface area contributed by atoms with E-state index in [4.69, 9.17) is 21.5 Å². The summed E-state index contributed by atoms with van der Waals surface area (Å²) in [6.45, 7) is 10.3. The van der Waals surface area contributed by atoms with Gasteiger partial charge in [0.2, 0.25) is 5.91 Å². The van der Waals surface area contributed by atoms with Crippen molar-refractivity contribution in [1.29, 1.82) is 5.26 Å². The van der Waals surface area contributed by atoms with Crippen molar-refractivity contribution in [1.82, 2.24) is 0 Å². The molecule has 47 heavy (non-hydrogen) atoms. The van der Waals surface area contributed by atoms with Crippen LogP contribution in [0.1, 0.15) is 96.6 Å². The Hall–Kier alpha value is -4.10. The summed E-state index contributed by atoms with van der Waals surface area (Å²) in [5.74, 6) is 2.08. The number of benzene rings is 2. The van der Waals surface area contributed by atoms with Crippen molar-refractivity contribution in [2.75, 3.05) is 41.9 Å². The van der Waals surface area contributed by atoms with Crippen molar-refractivity contribution in [2.24, 2.45) is 22.1 Å². The predicted molar refractivity (Wildman–Crippen MR) is 197 cm³/mol. The van der Waals surface area contributed by atoms with E-state index in [1.807, 2.05) is 30.3 Å². The van der Waals surface area contributed by atoms with Crippen molar-refractivity contribution in [3.05, 3.63) is 53.6 Å². The highest BCUT2D eigenvalue weighted by atomic mass is 32.1. The van der Waals surface area contributed by atoms with E-state index in [0.29, 0.717) is 38.8 Å². The molecule has 2 atom stereocenters. The second-order valence-electron chi connectivity index (χ2n) is 12.4. The number of carbonyl (C=O) groups is 1. The Morgan fingerprint density at radius 3 is 2.26 bits per heavy atom. The van der Waals surface area contributed by atoms with Crippen LogP contribution in [-0.2, 0) is 11.2 Å². The highest BCUT2D eigenvalue weighted by molar-refractivity contribution is 7.19. The molecule has 0 radical (unpaired) electrons. The van der Waals surface area contributed by atoms with Crippen LogP contribution in [0.25, 0.3) is 0 Å². The van der Waals surface area contributed by atoms with E-state index in [-0.39, 0.29) is 5.91 Å². The molecule has 9 nitrogen and oxygen atoms in total. The number of aryl methyl sites for hydroxylation is 1. The van der Waals surface area contributed by atoms with Crippen LogP contribution >= 0.6 is 11.3 Å². The van der Waals surface area contributed by atoms with Gasteiger partial charge in [-0.05, 0) is 80.2 Å². The Bertz CT molecular complexity index is 1480. The van der Waals surface area contributed by atoms with Crippen LogP contribution in [0.2, 0.25) is 0 Å². The van der Waals surface area contributed by atoms with Gasteiger partial charge in [-0.25, -0.2) is 0 Å². The summed E-state index contributed by atoms with van der Waals surface area (Å²) < 4.78 is 5.66. The van der Waals surface area contributed by atoms with Crippen molar-refractivity contribution < 1.29 is 9.53 Å². The fourth-order valence-electron chi connectivity index (χ4n) is 5.96. The number of nitrogens with two attached hydrogens (primary N) is 2. The summed E-state index contributed by atoms with van der Waals surface area (Å²) in [6, 6.07) is 15.6. The zero-order valence-corrected chi connectivity index (χ0v) is 29.7. The van der Waals surface area contributed by atoms with E-state index < -0.39 is 0 Å². The van der Waals surface area contributed by atoms with Crippen LogP contribution in [0.4, 0.5) is 32.8 Å². The van der Waals surface area contributed by atoms with Crippen molar-refractivity contribution in [2.45, 2.75) is 91.9 Å². The average Bonchev–Trinajstić information content (AvgIpc) is 3.31. The number of hydrogen-bond donors (Lipinski definition) is 3. The number of thiophene rings is 1. The Morgan fingerprint density at radius 2 is 1.68 bits per heavy atom. The summed E-state index contributed by atoms with van der Waals surface area (Å²) in [5, 5.41) is 21.1. The van der Waals surface area contributed by atoms with Gasteiger partial charge < -0.3 is 26.4 Å². The van der Waals surface area contributed by atoms with Crippen molar-refractivity contribution >= 4 is 50.0 Å². The highest BCUT2D eigenvalue weighted by Crippen LogP contribution is 2.39. The Labute approximate surface area is 285 Å². The van der Waals surface area contributed by atoms with Crippen LogP contribution in [0.3, 0.4) is 0 Å². The molecule has 0 aliphatic carbocycles. The molecule has 5 N–H and O–H groups in total. The molecule has 2 heterocycles. The van der Waals surface area contributed by atoms with Gasteiger partial charge >= 0.3 is 0 Å². The molecule has 1 aliphatic rings. The first kappa shape index (κ1) is 37.4. The number of nitriles is 1. The second kappa shape index (κ2) is 19.5. The molecule has 0 bridgehead atoms. The molecule has 3 aromatic rings. The lowest BCUT2D eigenvalue weighted by molar-refractivity contribution is -0.114. The Balaban J connectivity index is 0.000000267. The van der Waals surface area contributed by atoms with Gasteiger partial charge in [0.05, 0.1) is 35.4 Å². The quantitative estimate of drug-likeness (QED) is 0.123. The first-order chi connectivity index (χ1) is 22.7. The molecule has 1 aliphatic heterocycles. The number of methoxy groups -OCH3 is 1. The van der Waals surface area contributed by atoms with Gasteiger partial charge in [0.25, 0.3) is 0 Å². The molecule has 4 rings (SSSR count). The smallest absolute Gasteiger partial charge is 0.221 e. The number of nitrogen functional groups attached to an aromatic ring is 2. The molecular weight excluding hydrogens is 607 g/mol. The number of ether oxygens (including phenoxy) is 1. The number of rotatable bonds is 13. The average molecular weight is 660 g/mol. The van der Waals surface area contributed by atoms with E-state index in [2.05, 4.69) is 53.3 Å². The lowest BCUT2D eigenvalue weighted by Gasteiger charge is -2.30. The predicted octanol–water partition coefficient (Wildman–Crippen LogP) is 10.0. The van der Waals surface area contributed by atoms with Gasteiger partial charge in [-0.2, -0.15) is 5.26 Å². The maximum absolute atomic E-state index is 11.6. The summed E-state index contributed by atoms with van der Waals surface area (Å²) in [6.07, 6.45) is 12.4. The Morgan fingerprint density at radius 1 is 1.00 bits per heavy atom. The Kier molecular flexibility index (Phi) is 15.5. The largest absolute Gasteiger partial charge is 0.495 e. The summed E-state index contributed by atoms with van der Waals surface area (Å²) >= 11 is 1.27. The number of nitrogens with one attached hydrogen (secondary N) is 1. The van der Waals surface area contributed by atoms with Crippen LogP contribution in [0, 0.1) is 23.2 Å². The fourth-order valence-corrected chi connectivity index (χ4v) is 6.66. The van der Waals surface area contributed by atoms with E-state index in [1.54, 1.807) is 13.2 Å². The molecule has 1 fully saturated rings. The maximum atomic E-state index is 11.6. The zero-order valence-electron chi connectivity index (χ0n) is 28.8. The molecule has 1 amide bonds. The van der Waals surface area contributed by atoms with Gasteiger partial charge in [-0.3, -0.25) is 4.79 Å². The molecule has 10 heteroatoms. The SMILES string of the molecule is CCCCC1CCC(CCC)CN(c2cc(NC(C)=O)c(N)cc2OC)C1.CCCCc1ccc(N=Nc2cc(C#N)c(N)s2)cc1. The monoisotopic (exact) mass is 659 g/mol. The molecule has 0 saturated carbocycles. The van der Waals surface area contributed by atoms with Crippen molar-refractivity contribution in [3.8, 4) is 11.8 Å². The number of nitrogens with zero attached hydrogens (tertiary/aromatic N) is 4. The zero-order chi connectivity index (χ0) is 34.2. The number of anilines is 4. The highest BCUT2D eigenvalue weighted by Gasteiger charge is 2.26. The molecule has 0 spiro atoms. The number of amides is 1. The number of carbonyl (C=O) groups excluding carboxylic acids is 1. The molecular formula is C37H53N7O2S. The minimum atomic E-state index is -0.113. The van der Waals surface area contributed by atoms with Crippen LogP contribution < -0.4 is 26.4 Å². The first-order valence-electron chi connectivity index (χ1n) is 17.0. The molecule has 1 saturated heterocycles. The second-order valence-corrected chi connectivity index (χ2v) is 13.4. The normalized spacial score (nSPS) is 16.2. The minimum Gasteiger partial charge on any atom is -0.495 e. The van der Waals surface area contributed by atoms with Gasteiger partial charge in [0.15, 0.2) is 0 Å². The van der Waals surface area contributed by atoms with Crippen LogP contribution in [0.5, 0.6) is 5.75 Å². The first-order valence-corrected chi connectivity index (χ1v) is 17.8. The third-order valence-electron chi connectivity index (χ3n) is 8.49. The topological polar surface area (TPSA) is 142 Å². The molecule has 2 aromatic carbocycles. The van der Waals surface area contributed by atoms with E-state index in [1.165, 1.54) is 81.6 Å². The lowest BCUT2D eigenvalue weighted by atomic mass is 9.92. The van der Waals surface area contributed by atoms with E-state index in [0.717, 1.165) is 36.6 Å². The van der Waals surface area contributed by atoms with Gasteiger partial charge in [0, 0.05) is 26.1 Å². The van der Waals surface area contributed by atoms with Crippen LogP contribution in [-0.4, -0.2) is 26.1 Å². The summed E-state index contributed by atoms with van der Waals surface area (Å²) in [4.78, 5) is 14.0. The lowest BCUT2D eigenvalue weighted by Crippen LogP contribution is -2.31. The van der Waals surface area contributed by atoms with Crippen molar-refractivity contribution in [3.63, 3.8) is 0 Å². The van der Waals surface area contributed by atoms with Gasteiger partial charge in [-0.15, -0.1) is 10.2 Å². The molecule has 1 aromatic heterocycles. The minimum absolute atomic E-state index is 0.113. The third kappa shape index (κ3) is 11.9. The summed E-state index contributed by atoms with van der Waals surface area (Å²) in [5.41, 5.74) is 16.6. The van der Waals surface area contributed by atoms with E-state index >= 15 is 0 Å². The summed E-state index contributed by atoms with van der Waals surface area (Å²) in [7, 11) is 1.69. The molecule has 254 valence electrons. The van der Waals surface area contributed by atoms with Gasteiger partial charge in [0.1, 0.15) is 21.8 Å². The fraction of sp³-hybridized carbons (Fsp3) is 0.514. The molecule has 2 unspecified atom stereocenters. The number of unbranched alkanes of at least 4 members (excludes halogenated alkanes) is 2. The standard InChI is InChI=1S/C22H37N3O2.C15H16N4S/c1-5-7-9-18-11-10-17(8-6-2)14-25(15-18)21-13-20(24-16(3)26)19(23)12-22(21)27-4;1-2-3-4-11-5-7-13(8-6-11)18-19-14-9-12(10-16)15(17)20-14/h12-13,17-18H,5-11,14-15,23H2,1-4H3,(H,24,26);5-9H,2-4,17H2,1H3. The maximum Gasteiger partial charge on any atom is 0.221 e. The van der Waals surface area contributed by atoms with Gasteiger partial charge in [-0.1, -0.05) is 69.9 Å². The van der Waals surface area contributed by atoms with Crippen LogP contribution in [0.15, 0.2) is 52.7 Å². The third-order valence-corrected chi connectivity index (χ3v) is 9.34. The van der Waals surface area contributed by atoms with E-state index in [9.17, 15) is 4.79 Å².